The van der Waals surface area contributed by atoms with Gasteiger partial charge in [0.1, 0.15) is 11.4 Å². The maximum atomic E-state index is 12.6. The number of hydrogen-bond acceptors (Lipinski definition) is 3. The van der Waals surface area contributed by atoms with E-state index in [0.29, 0.717) is 10.8 Å². The largest absolute Gasteiger partial charge is 0.497 e. The first kappa shape index (κ1) is 15.2. The Morgan fingerprint density at radius 3 is 2.57 bits per heavy atom. The van der Waals surface area contributed by atoms with Crippen molar-refractivity contribution in [2.24, 2.45) is 0 Å². The molecule has 1 fully saturated rings. The quantitative estimate of drug-likeness (QED) is 0.695. The topological polar surface area (TPSA) is 41.6 Å². The molecular weight excluding hydrogens is 308 g/mol. The lowest BCUT2D eigenvalue weighted by molar-refractivity contribution is -0.113. The molecule has 2 aromatic carbocycles. The van der Waals surface area contributed by atoms with Crippen molar-refractivity contribution in [1.82, 2.24) is 5.32 Å². The zero-order chi connectivity index (χ0) is 16.4. The maximum Gasteiger partial charge on any atom is 0.281 e. The Morgan fingerprint density at radius 2 is 1.91 bits per heavy atom. The summed E-state index contributed by atoms with van der Waals surface area (Å²) in [6, 6.07) is 15.2. The minimum atomic E-state index is -0.156. The number of methoxy groups -OCH3 is 1. The van der Waals surface area contributed by atoms with E-state index >= 15 is 0 Å². The fraction of sp³-hybridized carbons (Fsp3) is 0.111. The number of nitrogens with one attached hydrogen (secondary N) is 1. The van der Waals surface area contributed by atoms with E-state index in [1.807, 2.05) is 55.5 Å². The molecule has 0 bridgehead atoms. The van der Waals surface area contributed by atoms with Crippen LogP contribution in [0.5, 0.6) is 5.75 Å². The van der Waals surface area contributed by atoms with E-state index in [9.17, 15) is 4.79 Å². The average Bonchev–Trinajstić information content (AvgIpc) is 2.82. The molecule has 1 heterocycles. The van der Waals surface area contributed by atoms with Crippen LogP contribution in [0.15, 0.2) is 54.2 Å². The zero-order valence-corrected chi connectivity index (χ0v) is 13.7. The van der Waals surface area contributed by atoms with Crippen molar-refractivity contribution < 1.29 is 9.53 Å². The van der Waals surface area contributed by atoms with Gasteiger partial charge in [0, 0.05) is 0 Å². The summed E-state index contributed by atoms with van der Waals surface area (Å²) in [5.74, 6) is 0.617. The Labute approximate surface area is 140 Å². The van der Waals surface area contributed by atoms with Crippen molar-refractivity contribution in [3.05, 3.63) is 65.4 Å². The molecule has 1 N–H and O–H groups in total. The Kier molecular flexibility index (Phi) is 4.12. The molecule has 23 heavy (non-hydrogen) atoms. The summed E-state index contributed by atoms with van der Waals surface area (Å²) in [7, 11) is 1.62. The number of rotatable bonds is 3. The molecule has 1 aliphatic heterocycles. The van der Waals surface area contributed by atoms with Gasteiger partial charge in [0.25, 0.3) is 5.91 Å². The van der Waals surface area contributed by atoms with Gasteiger partial charge in [0.05, 0.1) is 12.8 Å². The normalized spacial score (nSPS) is 15.9. The van der Waals surface area contributed by atoms with Crippen molar-refractivity contribution in [3.63, 3.8) is 0 Å². The molecule has 0 radical (unpaired) electrons. The molecule has 3 rings (SSSR count). The molecule has 1 amide bonds. The van der Waals surface area contributed by atoms with Crippen LogP contribution in [0.1, 0.15) is 11.1 Å². The molecule has 5 heteroatoms. The minimum absolute atomic E-state index is 0.156. The van der Waals surface area contributed by atoms with Crippen LogP contribution >= 0.6 is 12.2 Å². The highest BCUT2D eigenvalue weighted by atomic mass is 32.1. The van der Waals surface area contributed by atoms with Gasteiger partial charge in [-0.15, -0.1) is 0 Å². The standard InChI is InChI=1S/C18H16N2O2S/c1-12-4-3-5-14(10-12)20-17(21)16(19-18(20)23)11-13-6-8-15(22-2)9-7-13/h3-11H,1-2H3,(H,19,23)/b16-11-. The zero-order valence-electron chi connectivity index (χ0n) is 12.9. The van der Waals surface area contributed by atoms with E-state index < -0.39 is 0 Å². The molecule has 1 aliphatic rings. The van der Waals surface area contributed by atoms with E-state index in [1.54, 1.807) is 13.2 Å². The van der Waals surface area contributed by atoms with E-state index in [4.69, 9.17) is 17.0 Å². The molecular formula is C18H16N2O2S. The number of ether oxygens (including phenoxy) is 1. The summed E-state index contributed by atoms with van der Waals surface area (Å²) in [5.41, 5.74) is 3.20. The SMILES string of the molecule is COc1ccc(/C=C2\NC(=S)N(c3cccc(C)c3)C2=O)cc1. The highest BCUT2D eigenvalue weighted by Crippen LogP contribution is 2.23. The second-order valence-electron chi connectivity index (χ2n) is 5.24. The number of carbonyl (C=O) groups excluding carboxylic acids is 1. The molecule has 0 spiro atoms. The van der Waals surface area contributed by atoms with Crippen molar-refractivity contribution in [2.45, 2.75) is 6.92 Å². The van der Waals surface area contributed by atoms with Crippen molar-refractivity contribution in [2.75, 3.05) is 12.0 Å². The van der Waals surface area contributed by atoms with Gasteiger partial charge in [-0.05, 0) is 60.6 Å². The maximum absolute atomic E-state index is 12.6. The minimum Gasteiger partial charge on any atom is -0.497 e. The van der Waals surface area contributed by atoms with E-state index in [2.05, 4.69) is 5.32 Å². The van der Waals surface area contributed by atoms with Crippen molar-refractivity contribution in [1.29, 1.82) is 0 Å². The number of anilines is 1. The third-order valence-corrected chi connectivity index (χ3v) is 3.85. The molecule has 4 nitrogen and oxygen atoms in total. The summed E-state index contributed by atoms with van der Waals surface area (Å²) in [5, 5.41) is 3.38. The number of amides is 1. The van der Waals surface area contributed by atoms with Crippen LogP contribution < -0.4 is 15.0 Å². The van der Waals surface area contributed by atoms with E-state index in [0.717, 1.165) is 22.6 Å². The Morgan fingerprint density at radius 1 is 1.17 bits per heavy atom. The highest BCUT2D eigenvalue weighted by molar-refractivity contribution is 7.80. The van der Waals surface area contributed by atoms with Gasteiger partial charge >= 0.3 is 0 Å². The fourth-order valence-corrected chi connectivity index (χ4v) is 2.70. The van der Waals surface area contributed by atoms with Gasteiger partial charge in [-0.1, -0.05) is 24.3 Å². The molecule has 116 valence electrons. The second-order valence-corrected chi connectivity index (χ2v) is 5.63. The number of thiocarbonyl (C=S) groups is 1. The van der Waals surface area contributed by atoms with Crippen LogP contribution in [0, 0.1) is 6.92 Å². The predicted molar refractivity (Wildman–Crippen MR) is 95.4 cm³/mol. The lowest BCUT2D eigenvalue weighted by atomic mass is 10.1. The van der Waals surface area contributed by atoms with Crippen LogP contribution in [-0.2, 0) is 4.79 Å². The monoisotopic (exact) mass is 324 g/mol. The number of nitrogens with zero attached hydrogens (tertiary/aromatic N) is 1. The molecule has 0 atom stereocenters. The first-order chi connectivity index (χ1) is 11.1. The van der Waals surface area contributed by atoms with Crippen LogP contribution in [0.25, 0.3) is 6.08 Å². The number of carbonyl (C=O) groups is 1. The van der Waals surface area contributed by atoms with E-state index in [-0.39, 0.29) is 5.91 Å². The molecule has 1 saturated heterocycles. The predicted octanol–water partition coefficient (Wildman–Crippen LogP) is 3.27. The molecule has 0 saturated carbocycles. The summed E-state index contributed by atoms with van der Waals surface area (Å²) in [4.78, 5) is 14.1. The Hall–Kier alpha value is -2.66. The van der Waals surface area contributed by atoms with Crippen molar-refractivity contribution in [3.8, 4) is 5.75 Å². The third-order valence-electron chi connectivity index (χ3n) is 3.56. The second kappa shape index (κ2) is 6.22. The van der Waals surface area contributed by atoms with Gasteiger partial charge in [0.2, 0.25) is 0 Å². The molecule has 0 aromatic heterocycles. The van der Waals surface area contributed by atoms with Gasteiger partial charge < -0.3 is 10.1 Å². The molecule has 0 aliphatic carbocycles. The van der Waals surface area contributed by atoms with Crippen LogP contribution in [0.4, 0.5) is 5.69 Å². The van der Waals surface area contributed by atoms with Gasteiger partial charge in [-0.25, -0.2) is 0 Å². The summed E-state index contributed by atoms with van der Waals surface area (Å²) in [6.45, 7) is 1.98. The van der Waals surface area contributed by atoms with Crippen molar-refractivity contribution >= 4 is 35.0 Å². The smallest absolute Gasteiger partial charge is 0.281 e. The lowest BCUT2D eigenvalue weighted by Crippen LogP contribution is -2.30. The fourth-order valence-electron chi connectivity index (χ4n) is 2.40. The summed E-state index contributed by atoms with van der Waals surface area (Å²) < 4.78 is 5.13. The summed E-state index contributed by atoms with van der Waals surface area (Å²) >= 11 is 5.31. The number of hydrogen-bond donors (Lipinski definition) is 1. The molecule has 2 aromatic rings. The highest BCUT2D eigenvalue weighted by Gasteiger charge is 2.31. The number of aryl methyl sites for hydroxylation is 1. The lowest BCUT2D eigenvalue weighted by Gasteiger charge is -2.14. The third kappa shape index (κ3) is 3.10. The number of benzene rings is 2. The van der Waals surface area contributed by atoms with Crippen LogP contribution in [0.2, 0.25) is 0 Å². The summed E-state index contributed by atoms with van der Waals surface area (Å²) in [6.07, 6.45) is 1.78. The van der Waals surface area contributed by atoms with Gasteiger partial charge in [0.15, 0.2) is 5.11 Å². The Bertz CT molecular complexity index is 797. The first-order valence-corrected chi connectivity index (χ1v) is 7.57. The van der Waals surface area contributed by atoms with Gasteiger partial charge in [-0.3, -0.25) is 9.69 Å². The van der Waals surface area contributed by atoms with Crippen LogP contribution in [-0.4, -0.2) is 18.1 Å². The van der Waals surface area contributed by atoms with Gasteiger partial charge in [-0.2, -0.15) is 0 Å². The van der Waals surface area contributed by atoms with E-state index in [1.165, 1.54) is 4.90 Å². The van der Waals surface area contributed by atoms with Crippen LogP contribution in [0.3, 0.4) is 0 Å². The molecule has 0 unspecified atom stereocenters. The Balaban J connectivity index is 1.89. The average molecular weight is 324 g/mol. The first-order valence-electron chi connectivity index (χ1n) is 7.16.